The van der Waals surface area contributed by atoms with Crippen molar-refractivity contribution >= 4 is 0 Å². The summed E-state index contributed by atoms with van der Waals surface area (Å²) in [5, 5.41) is 3.43. The van der Waals surface area contributed by atoms with Crippen molar-refractivity contribution in [3.63, 3.8) is 0 Å². The van der Waals surface area contributed by atoms with Gasteiger partial charge in [0.05, 0.1) is 19.8 Å². The Balaban J connectivity index is 1.91. The van der Waals surface area contributed by atoms with E-state index in [1.165, 1.54) is 19.3 Å². The van der Waals surface area contributed by atoms with Crippen LogP contribution in [0.1, 0.15) is 19.3 Å². The molecular formula is C9H19NO2. The summed E-state index contributed by atoms with van der Waals surface area (Å²) in [5.74, 6) is 0. The van der Waals surface area contributed by atoms with Crippen LogP contribution in [0.25, 0.3) is 0 Å². The molecule has 0 amide bonds. The molecule has 0 aliphatic carbocycles. The molecule has 1 saturated heterocycles. The molecule has 0 radical (unpaired) electrons. The molecule has 1 heterocycles. The summed E-state index contributed by atoms with van der Waals surface area (Å²) in [6, 6.07) is 0.579. The van der Waals surface area contributed by atoms with Gasteiger partial charge in [-0.25, -0.2) is 0 Å². The van der Waals surface area contributed by atoms with Gasteiger partial charge in [0.15, 0.2) is 0 Å². The van der Waals surface area contributed by atoms with Gasteiger partial charge in [-0.15, -0.1) is 0 Å². The minimum Gasteiger partial charge on any atom is -0.382 e. The lowest BCUT2D eigenvalue weighted by Gasteiger charge is -2.23. The van der Waals surface area contributed by atoms with Gasteiger partial charge in [-0.1, -0.05) is 6.42 Å². The number of nitrogens with one attached hydrogen (secondary N) is 1. The molecule has 1 aliphatic heterocycles. The molecule has 1 rings (SSSR count). The number of piperidine rings is 1. The minimum atomic E-state index is 0.579. The van der Waals surface area contributed by atoms with Gasteiger partial charge in [0.2, 0.25) is 0 Å². The number of ether oxygens (including phenoxy) is 2. The van der Waals surface area contributed by atoms with E-state index in [9.17, 15) is 0 Å². The molecule has 1 fully saturated rings. The molecule has 1 atom stereocenters. The molecule has 12 heavy (non-hydrogen) atoms. The van der Waals surface area contributed by atoms with Crippen LogP contribution in [0.5, 0.6) is 0 Å². The predicted molar refractivity (Wildman–Crippen MR) is 48.3 cm³/mol. The third-order valence-electron chi connectivity index (χ3n) is 2.16. The fourth-order valence-electron chi connectivity index (χ4n) is 1.43. The van der Waals surface area contributed by atoms with Crippen molar-refractivity contribution < 1.29 is 9.47 Å². The lowest BCUT2D eigenvalue weighted by molar-refractivity contribution is 0.0548. The Morgan fingerprint density at radius 1 is 1.33 bits per heavy atom. The fraction of sp³-hybridized carbons (Fsp3) is 1.00. The Hall–Kier alpha value is -0.120. The standard InChI is InChI=1S/C9H19NO2/c1-11-6-7-12-8-9-4-2-3-5-10-9/h9-10H,2-8H2,1H3. The van der Waals surface area contributed by atoms with Crippen LogP contribution in [0.15, 0.2) is 0 Å². The molecule has 1 unspecified atom stereocenters. The van der Waals surface area contributed by atoms with E-state index in [0.717, 1.165) is 13.2 Å². The van der Waals surface area contributed by atoms with Gasteiger partial charge in [0.25, 0.3) is 0 Å². The highest BCUT2D eigenvalue weighted by Gasteiger charge is 2.11. The predicted octanol–water partition coefficient (Wildman–Crippen LogP) is 0.791. The quantitative estimate of drug-likeness (QED) is 0.624. The molecule has 1 N–H and O–H groups in total. The molecular weight excluding hydrogens is 154 g/mol. The zero-order valence-corrected chi connectivity index (χ0v) is 7.84. The van der Waals surface area contributed by atoms with E-state index in [2.05, 4.69) is 5.32 Å². The smallest absolute Gasteiger partial charge is 0.0701 e. The van der Waals surface area contributed by atoms with Crippen LogP contribution in [0.4, 0.5) is 0 Å². The van der Waals surface area contributed by atoms with E-state index in [1.54, 1.807) is 7.11 Å². The van der Waals surface area contributed by atoms with Crippen LogP contribution in [0, 0.1) is 0 Å². The summed E-state index contributed by atoms with van der Waals surface area (Å²) in [6.07, 6.45) is 3.91. The number of hydrogen-bond acceptors (Lipinski definition) is 3. The second-order valence-corrected chi connectivity index (χ2v) is 3.21. The molecule has 0 aromatic carbocycles. The van der Waals surface area contributed by atoms with Crippen LogP contribution in [0.2, 0.25) is 0 Å². The van der Waals surface area contributed by atoms with Crippen molar-refractivity contribution in [2.24, 2.45) is 0 Å². The van der Waals surface area contributed by atoms with Gasteiger partial charge in [-0.3, -0.25) is 0 Å². The first-order valence-electron chi connectivity index (χ1n) is 4.73. The Bertz CT molecular complexity index is 103. The maximum atomic E-state index is 5.43. The molecule has 1 aliphatic rings. The van der Waals surface area contributed by atoms with E-state index in [-0.39, 0.29) is 0 Å². The highest BCUT2D eigenvalue weighted by atomic mass is 16.5. The Morgan fingerprint density at radius 2 is 2.25 bits per heavy atom. The van der Waals surface area contributed by atoms with Crippen LogP contribution < -0.4 is 5.32 Å². The lowest BCUT2D eigenvalue weighted by Crippen LogP contribution is -2.37. The summed E-state index contributed by atoms with van der Waals surface area (Å²) in [7, 11) is 1.70. The molecule has 3 nitrogen and oxygen atoms in total. The molecule has 0 aromatic heterocycles. The van der Waals surface area contributed by atoms with Crippen LogP contribution in [-0.4, -0.2) is 39.5 Å². The number of methoxy groups -OCH3 is 1. The normalized spacial score (nSPS) is 24.2. The summed E-state index contributed by atoms with van der Waals surface area (Å²) < 4.78 is 10.3. The van der Waals surface area contributed by atoms with Gasteiger partial charge in [0, 0.05) is 13.2 Å². The summed E-state index contributed by atoms with van der Waals surface area (Å²) >= 11 is 0. The maximum Gasteiger partial charge on any atom is 0.0701 e. The SMILES string of the molecule is COCCOCC1CCCCN1. The molecule has 0 saturated carbocycles. The van der Waals surface area contributed by atoms with Gasteiger partial charge in [-0.05, 0) is 19.4 Å². The van der Waals surface area contributed by atoms with E-state index >= 15 is 0 Å². The Morgan fingerprint density at radius 3 is 2.92 bits per heavy atom. The van der Waals surface area contributed by atoms with Crippen LogP contribution in [-0.2, 0) is 9.47 Å². The van der Waals surface area contributed by atoms with Crippen LogP contribution in [0.3, 0.4) is 0 Å². The third-order valence-corrected chi connectivity index (χ3v) is 2.16. The average Bonchev–Trinajstić information content (AvgIpc) is 2.14. The van der Waals surface area contributed by atoms with E-state index in [4.69, 9.17) is 9.47 Å². The summed E-state index contributed by atoms with van der Waals surface area (Å²) in [4.78, 5) is 0. The van der Waals surface area contributed by atoms with Crippen molar-refractivity contribution in [1.82, 2.24) is 5.32 Å². The van der Waals surface area contributed by atoms with Gasteiger partial charge < -0.3 is 14.8 Å². The zero-order valence-electron chi connectivity index (χ0n) is 7.84. The van der Waals surface area contributed by atoms with Gasteiger partial charge in [0.1, 0.15) is 0 Å². The van der Waals surface area contributed by atoms with E-state index in [0.29, 0.717) is 19.3 Å². The van der Waals surface area contributed by atoms with E-state index in [1.807, 2.05) is 0 Å². The Kier molecular flexibility index (Phi) is 5.32. The second-order valence-electron chi connectivity index (χ2n) is 3.21. The summed E-state index contributed by atoms with van der Waals surface area (Å²) in [6.45, 7) is 3.41. The molecule has 0 bridgehead atoms. The summed E-state index contributed by atoms with van der Waals surface area (Å²) in [5.41, 5.74) is 0. The second kappa shape index (κ2) is 6.40. The monoisotopic (exact) mass is 173 g/mol. The van der Waals surface area contributed by atoms with Crippen molar-refractivity contribution in [3.05, 3.63) is 0 Å². The largest absolute Gasteiger partial charge is 0.382 e. The van der Waals surface area contributed by atoms with Crippen molar-refractivity contribution in [2.45, 2.75) is 25.3 Å². The molecule has 0 aromatic rings. The van der Waals surface area contributed by atoms with Crippen molar-refractivity contribution in [2.75, 3.05) is 33.5 Å². The molecule has 0 spiro atoms. The van der Waals surface area contributed by atoms with Gasteiger partial charge in [-0.2, -0.15) is 0 Å². The van der Waals surface area contributed by atoms with Crippen molar-refractivity contribution in [3.8, 4) is 0 Å². The molecule has 72 valence electrons. The maximum absolute atomic E-state index is 5.43. The highest BCUT2D eigenvalue weighted by molar-refractivity contribution is 4.71. The number of rotatable bonds is 5. The Labute approximate surface area is 74.4 Å². The molecule has 3 heteroatoms. The average molecular weight is 173 g/mol. The number of hydrogen-bond donors (Lipinski definition) is 1. The third kappa shape index (κ3) is 4.04. The topological polar surface area (TPSA) is 30.5 Å². The van der Waals surface area contributed by atoms with Gasteiger partial charge >= 0.3 is 0 Å². The first kappa shape index (κ1) is 9.96. The van der Waals surface area contributed by atoms with Crippen molar-refractivity contribution in [1.29, 1.82) is 0 Å². The van der Waals surface area contributed by atoms with Crippen LogP contribution >= 0.6 is 0 Å². The first-order chi connectivity index (χ1) is 5.93. The van der Waals surface area contributed by atoms with E-state index < -0.39 is 0 Å². The minimum absolute atomic E-state index is 0.579. The highest BCUT2D eigenvalue weighted by Crippen LogP contribution is 2.06. The first-order valence-corrected chi connectivity index (χ1v) is 4.73. The lowest BCUT2D eigenvalue weighted by atomic mass is 10.1. The zero-order chi connectivity index (χ0) is 8.65. The fourth-order valence-corrected chi connectivity index (χ4v) is 1.43.